The minimum atomic E-state index is -1.01. The standard InChI is InChI=1S/C25H27N5O3/c1-15-4-5-18(13-26-15)17-6-7-21-20(12-17)23-22(14-27-21)28(3)25(33)30(23)19-8-10-29(11-9-19)24(32)16(2)31/h4-7,12-14,16,19,31H,8-11H2,1-3H3/t16-/m1/s1. The normalized spacial score (nSPS) is 15.9. The van der Waals surface area contributed by atoms with Crippen LogP contribution in [-0.2, 0) is 11.8 Å². The Morgan fingerprint density at radius 2 is 1.82 bits per heavy atom. The lowest BCUT2D eigenvalue weighted by Gasteiger charge is -2.33. The number of aliphatic hydroxyl groups is 1. The number of fused-ring (bicyclic) bond motifs is 3. The molecule has 8 heteroatoms. The van der Waals surface area contributed by atoms with Crippen LogP contribution in [0.2, 0.25) is 0 Å². The molecule has 1 atom stereocenters. The van der Waals surface area contributed by atoms with Crippen molar-refractivity contribution < 1.29 is 9.90 Å². The summed E-state index contributed by atoms with van der Waals surface area (Å²) in [6, 6.07) is 10.1. The topological polar surface area (TPSA) is 93.3 Å². The quantitative estimate of drug-likeness (QED) is 0.523. The molecule has 8 nitrogen and oxygen atoms in total. The molecule has 1 amide bonds. The van der Waals surface area contributed by atoms with Gasteiger partial charge in [-0.1, -0.05) is 12.1 Å². The number of nitrogens with zero attached hydrogens (tertiary/aromatic N) is 5. The second-order valence-electron chi connectivity index (χ2n) is 8.86. The fourth-order valence-corrected chi connectivity index (χ4v) is 4.79. The van der Waals surface area contributed by atoms with Crippen molar-refractivity contribution in [2.75, 3.05) is 13.1 Å². The molecule has 170 valence electrons. The first-order chi connectivity index (χ1) is 15.8. The number of aryl methyl sites for hydroxylation is 2. The molecule has 5 rings (SSSR count). The third kappa shape index (κ3) is 3.60. The minimum Gasteiger partial charge on any atom is -0.384 e. The highest BCUT2D eigenvalue weighted by molar-refractivity contribution is 6.04. The van der Waals surface area contributed by atoms with E-state index in [1.165, 1.54) is 6.92 Å². The van der Waals surface area contributed by atoms with Crippen molar-refractivity contribution in [1.82, 2.24) is 24.0 Å². The minimum absolute atomic E-state index is 0.0328. The third-order valence-corrected chi connectivity index (χ3v) is 6.66. The summed E-state index contributed by atoms with van der Waals surface area (Å²) in [5.74, 6) is -0.260. The van der Waals surface area contributed by atoms with E-state index in [0.717, 1.165) is 38.8 Å². The van der Waals surface area contributed by atoms with Crippen molar-refractivity contribution in [3.8, 4) is 11.1 Å². The van der Waals surface area contributed by atoms with Gasteiger partial charge in [-0.05, 0) is 50.5 Å². The molecule has 0 bridgehead atoms. The van der Waals surface area contributed by atoms with Crippen LogP contribution in [0.5, 0.6) is 0 Å². The summed E-state index contributed by atoms with van der Waals surface area (Å²) in [5.41, 5.74) is 5.39. The number of aliphatic hydroxyl groups excluding tert-OH is 1. The number of imidazole rings is 1. The van der Waals surface area contributed by atoms with Crippen molar-refractivity contribution in [2.24, 2.45) is 7.05 Å². The predicted molar refractivity (Wildman–Crippen MR) is 127 cm³/mol. The molecule has 4 heterocycles. The number of carbonyl (C=O) groups is 1. The molecule has 1 aliphatic rings. The van der Waals surface area contributed by atoms with Gasteiger partial charge >= 0.3 is 5.69 Å². The molecule has 1 saturated heterocycles. The van der Waals surface area contributed by atoms with Crippen LogP contribution in [0, 0.1) is 6.92 Å². The molecule has 1 fully saturated rings. The van der Waals surface area contributed by atoms with E-state index in [2.05, 4.69) is 16.0 Å². The van der Waals surface area contributed by atoms with Gasteiger partial charge < -0.3 is 10.0 Å². The number of carbonyl (C=O) groups excluding carboxylic acids is 1. The Morgan fingerprint density at radius 3 is 2.48 bits per heavy atom. The van der Waals surface area contributed by atoms with Gasteiger partial charge in [0.1, 0.15) is 6.10 Å². The molecule has 0 aliphatic carbocycles. The average Bonchev–Trinajstić information content (AvgIpc) is 3.09. The highest BCUT2D eigenvalue weighted by Crippen LogP contribution is 2.32. The lowest BCUT2D eigenvalue weighted by molar-refractivity contribution is -0.140. The first-order valence-corrected chi connectivity index (χ1v) is 11.2. The van der Waals surface area contributed by atoms with Crippen LogP contribution < -0.4 is 5.69 Å². The van der Waals surface area contributed by atoms with E-state index in [4.69, 9.17) is 0 Å². The van der Waals surface area contributed by atoms with Gasteiger partial charge in [-0.2, -0.15) is 0 Å². The Kier molecular flexibility index (Phi) is 5.25. The first-order valence-electron chi connectivity index (χ1n) is 11.2. The highest BCUT2D eigenvalue weighted by atomic mass is 16.3. The summed E-state index contributed by atoms with van der Waals surface area (Å²) in [5, 5.41) is 10.6. The molecule has 4 aromatic rings. The number of pyridine rings is 2. The predicted octanol–water partition coefficient (Wildman–Crippen LogP) is 2.80. The zero-order valence-corrected chi connectivity index (χ0v) is 19.0. The van der Waals surface area contributed by atoms with Crippen LogP contribution in [0.25, 0.3) is 33.1 Å². The smallest absolute Gasteiger partial charge is 0.329 e. The number of rotatable bonds is 3. The second-order valence-corrected chi connectivity index (χ2v) is 8.86. The molecule has 1 N–H and O–H groups in total. The van der Waals surface area contributed by atoms with Crippen LogP contribution in [0.3, 0.4) is 0 Å². The van der Waals surface area contributed by atoms with Crippen molar-refractivity contribution in [1.29, 1.82) is 0 Å². The van der Waals surface area contributed by atoms with E-state index >= 15 is 0 Å². The number of hydrogen-bond donors (Lipinski definition) is 1. The lowest BCUT2D eigenvalue weighted by atomic mass is 10.0. The number of aromatic nitrogens is 4. The fraction of sp³-hybridized carbons (Fsp3) is 0.360. The van der Waals surface area contributed by atoms with Crippen molar-refractivity contribution in [2.45, 2.75) is 38.8 Å². The molecule has 1 aliphatic heterocycles. The molecular weight excluding hydrogens is 418 g/mol. The van der Waals surface area contributed by atoms with Gasteiger partial charge in [0.15, 0.2) is 0 Å². The molecular formula is C25H27N5O3. The van der Waals surface area contributed by atoms with E-state index in [0.29, 0.717) is 25.9 Å². The Labute approximate surface area is 191 Å². The molecule has 3 aromatic heterocycles. The average molecular weight is 446 g/mol. The monoisotopic (exact) mass is 445 g/mol. The van der Waals surface area contributed by atoms with Crippen molar-refractivity contribution >= 4 is 27.8 Å². The van der Waals surface area contributed by atoms with Crippen molar-refractivity contribution in [3.63, 3.8) is 0 Å². The van der Waals surface area contributed by atoms with Crippen molar-refractivity contribution in [3.05, 3.63) is 58.9 Å². The van der Waals surface area contributed by atoms with Gasteiger partial charge in [-0.15, -0.1) is 0 Å². The Bertz CT molecular complexity index is 1410. The number of hydrogen-bond acceptors (Lipinski definition) is 5. The summed E-state index contributed by atoms with van der Waals surface area (Å²) in [7, 11) is 1.77. The van der Waals surface area contributed by atoms with Crippen LogP contribution in [0.4, 0.5) is 0 Å². The van der Waals surface area contributed by atoms with Crippen LogP contribution in [-0.4, -0.2) is 54.2 Å². The number of benzene rings is 1. The number of piperidine rings is 1. The van der Waals surface area contributed by atoms with Gasteiger partial charge in [0.05, 0.1) is 22.7 Å². The van der Waals surface area contributed by atoms with Crippen LogP contribution in [0.1, 0.15) is 31.5 Å². The Hall–Kier alpha value is -3.52. The van der Waals surface area contributed by atoms with Gasteiger partial charge in [-0.25, -0.2) is 4.79 Å². The first kappa shape index (κ1) is 21.3. The van der Waals surface area contributed by atoms with Gasteiger partial charge in [0.25, 0.3) is 5.91 Å². The van der Waals surface area contributed by atoms with E-state index < -0.39 is 6.10 Å². The molecule has 0 unspecified atom stereocenters. The van der Waals surface area contributed by atoms with Gasteiger partial charge in [0.2, 0.25) is 0 Å². The van der Waals surface area contributed by atoms with Gasteiger partial charge in [-0.3, -0.25) is 23.9 Å². The summed E-state index contributed by atoms with van der Waals surface area (Å²) < 4.78 is 3.52. The summed E-state index contributed by atoms with van der Waals surface area (Å²) >= 11 is 0. The maximum Gasteiger partial charge on any atom is 0.329 e. The summed E-state index contributed by atoms with van der Waals surface area (Å²) in [6.45, 7) is 4.48. The van der Waals surface area contributed by atoms with Crippen LogP contribution in [0.15, 0.2) is 47.5 Å². The molecule has 0 radical (unpaired) electrons. The lowest BCUT2D eigenvalue weighted by Crippen LogP contribution is -2.44. The number of amides is 1. The SMILES string of the molecule is Cc1ccc(-c2ccc3ncc4c(c3c2)n(C2CCN(C(=O)[C@@H](C)O)CC2)c(=O)n4C)cn1. The van der Waals surface area contributed by atoms with E-state index in [9.17, 15) is 14.7 Å². The van der Waals surface area contributed by atoms with E-state index in [-0.39, 0.29) is 17.6 Å². The zero-order valence-electron chi connectivity index (χ0n) is 19.0. The molecule has 1 aromatic carbocycles. The summed E-state index contributed by atoms with van der Waals surface area (Å²) in [4.78, 5) is 36.2. The maximum absolute atomic E-state index is 13.3. The molecule has 0 saturated carbocycles. The maximum atomic E-state index is 13.3. The largest absolute Gasteiger partial charge is 0.384 e. The Balaban J connectivity index is 1.62. The van der Waals surface area contributed by atoms with Crippen LogP contribution >= 0.6 is 0 Å². The fourth-order valence-electron chi connectivity index (χ4n) is 4.79. The second kappa shape index (κ2) is 8.12. The van der Waals surface area contributed by atoms with E-state index in [1.807, 2.05) is 42.0 Å². The Morgan fingerprint density at radius 1 is 1.09 bits per heavy atom. The number of likely N-dealkylation sites (tertiary alicyclic amines) is 1. The summed E-state index contributed by atoms with van der Waals surface area (Å²) in [6.07, 6.45) is 3.92. The molecule has 33 heavy (non-hydrogen) atoms. The molecule has 0 spiro atoms. The third-order valence-electron chi connectivity index (χ3n) is 6.66. The van der Waals surface area contributed by atoms with E-state index in [1.54, 1.807) is 22.7 Å². The zero-order chi connectivity index (χ0) is 23.3. The van der Waals surface area contributed by atoms with Gasteiger partial charge in [0, 0.05) is 49.0 Å². The highest BCUT2D eigenvalue weighted by Gasteiger charge is 2.29.